The molecule has 1 aromatic rings. The first-order valence-corrected chi connectivity index (χ1v) is 10.2. The van der Waals surface area contributed by atoms with Crippen molar-refractivity contribution in [2.24, 2.45) is 0 Å². The van der Waals surface area contributed by atoms with Gasteiger partial charge in [0.2, 0.25) is 0 Å². The van der Waals surface area contributed by atoms with Crippen molar-refractivity contribution in [3.05, 3.63) is 34.4 Å². The van der Waals surface area contributed by atoms with Crippen LogP contribution in [0, 0.1) is 11.6 Å². The number of benzene rings is 1. The monoisotopic (exact) mass is 393 g/mol. The summed E-state index contributed by atoms with van der Waals surface area (Å²) in [4.78, 5) is 14.3. The average molecular weight is 394 g/mol. The molecule has 0 aromatic heterocycles. The predicted octanol–water partition coefficient (Wildman–Crippen LogP) is 2.43. The number of amides is 1. The summed E-state index contributed by atoms with van der Waals surface area (Å²) in [7, 11) is -3.22. The minimum absolute atomic E-state index is 0.00151. The lowest BCUT2D eigenvalue weighted by molar-refractivity contribution is 0.0441. The maximum atomic E-state index is 13.6. The van der Waals surface area contributed by atoms with Gasteiger partial charge in [0.05, 0.1) is 28.2 Å². The Bertz CT molecular complexity index is 781. The van der Waals surface area contributed by atoms with E-state index in [1.165, 1.54) is 4.90 Å². The van der Waals surface area contributed by atoms with E-state index >= 15 is 0 Å². The van der Waals surface area contributed by atoms with E-state index in [2.05, 4.69) is 0 Å². The van der Waals surface area contributed by atoms with Gasteiger partial charge < -0.3 is 9.64 Å². The topological polar surface area (TPSA) is 63.7 Å². The van der Waals surface area contributed by atoms with Crippen LogP contribution in [0.5, 0.6) is 0 Å². The SMILES string of the molecule is O=C(c1cc(F)c(F)cc1Cl)N(C[C@H]1CCCO1)[C@H]1CCS(=O)(=O)C1. The van der Waals surface area contributed by atoms with Gasteiger partial charge in [-0.3, -0.25) is 4.79 Å². The van der Waals surface area contributed by atoms with Crippen LogP contribution in [0.15, 0.2) is 12.1 Å². The quantitative estimate of drug-likeness (QED) is 0.737. The Morgan fingerprint density at radius 1 is 1.28 bits per heavy atom. The Labute approximate surface area is 149 Å². The molecule has 0 spiro atoms. The van der Waals surface area contributed by atoms with Crippen molar-refractivity contribution >= 4 is 27.3 Å². The van der Waals surface area contributed by atoms with Gasteiger partial charge >= 0.3 is 0 Å². The minimum Gasteiger partial charge on any atom is -0.376 e. The fourth-order valence-electron chi connectivity index (χ4n) is 3.27. The summed E-state index contributed by atoms with van der Waals surface area (Å²) < 4.78 is 56.0. The average Bonchev–Trinajstić information content (AvgIpc) is 3.17. The number of carbonyl (C=O) groups excluding carboxylic acids is 1. The fourth-order valence-corrected chi connectivity index (χ4v) is 5.23. The van der Waals surface area contributed by atoms with Crippen LogP contribution in [0.25, 0.3) is 0 Å². The second-order valence-corrected chi connectivity index (χ2v) is 9.03. The zero-order valence-electron chi connectivity index (χ0n) is 13.4. The fraction of sp³-hybridized carbons (Fsp3) is 0.562. The summed E-state index contributed by atoms with van der Waals surface area (Å²) in [6.45, 7) is 0.788. The maximum Gasteiger partial charge on any atom is 0.255 e. The first kappa shape index (κ1) is 18.5. The summed E-state index contributed by atoms with van der Waals surface area (Å²) in [6, 6.07) is 0.983. The first-order chi connectivity index (χ1) is 11.8. The van der Waals surface area contributed by atoms with Crippen molar-refractivity contribution in [3.63, 3.8) is 0 Å². The third-order valence-corrected chi connectivity index (χ3v) is 6.64. The van der Waals surface area contributed by atoms with Crippen molar-refractivity contribution < 1.29 is 26.7 Å². The van der Waals surface area contributed by atoms with Gasteiger partial charge in [-0.25, -0.2) is 17.2 Å². The molecule has 2 saturated heterocycles. The molecule has 2 heterocycles. The molecule has 1 amide bonds. The normalized spacial score (nSPS) is 25.2. The molecule has 138 valence electrons. The number of halogens is 3. The Hall–Kier alpha value is -1.25. The van der Waals surface area contributed by atoms with E-state index in [4.69, 9.17) is 16.3 Å². The van der Waals surface area contributed by atoms with E-state index in [0.29, 0.717) is 13.0 Å². The second-order valence-electron chi connectivity index (χ2n) is 6.40. The van der Waals surface area contributed by atoms with Crippen LogP contribution in [0.4, 0.5) is 8.78 Å². The Kier molecular flexibility index (Phi) is 5.31. The molecule has 2 fully saturated rings. The van der Waals surface area contributed by atoms with Crippen LogP contribution in [0.3, 0.4) is 0 Å². The molecule has 2 atom stereocenters. The van der Waals surface area contributed by atoms with Crippen LogP contribution in [0.2, 0.25) is 5.02 Å². The van der Waals surface area contributed by atoms with E-state index < -0.39 is 33.4 Å². The molecular formula is C16H18ClF2NO4S. The molecule has 1 aromatic carbocycles. The van der Waals surface area contributed by atoms with E-state index in [0.717, 1.165) is 25.0 Å². The van der Waals surface area contributed by atoms with Crippen molar-refractivity contribution in [3.8, 4) is 0 Å². The van der Waals surface area contributed by atoms with Crippen LogP contribution in [-0.4, -0.2) is 56.0 Å². The maximum absolute atomic E-state index is 13.6. The lowest BCUT2D eigenvalue weighted by Gasteiger charge is -2.30. The molecule has 0 saturated carbocycles. The lowest BCUT2D eigenvalue weighted by Crippen LogP contribution is -2.45. The zero-order chi connectivity index (χ0) is 18.2. The molecule has 0 unspecified atom stereocenters. The summed E-state index contributed by atoms with van der Waals surface area (Å²) in [6.07, 6.45) is 1.73. The smallest absolute Gasteiger partial charge is 0.255 e. The van der Waals surface area contributed by atoms with Crippen LogP contribution in [0.1, 0.15) is 29.6 Å². The lowest BCUT2D eigenvalue weighted by atomic mass is 10.1. The second kappa shape index (κ2) is 7.17. The van der Waals surface area contributed by atoms with Gasteiger partial charge in [0, 0.05) is 19.2 Å². The van der Waals surface area contributed by atoms with Crippen LogP contribution >= 0.6 is 11.6 Å². The van der Waals surface area contributed by atoms with Crippen molar-refractivity contribution in [2.75, 3.05) is 24.7 Å². The molecule has 5 nitrogen and oxygen atoms in total. The summed E-state index contributed by atoms with van der Waals surface area (Å²) in [5.41, 5.74) is -0.178. The molecule has 2 aliphatic heterocycles. The zero-order valence-corrected chi connectivity index (χ0v) is 15.0. The van der Waals surface area contributed by atoms with Crippen LogP contribution in [-0.2, 0) is 14.6 Å². The predicted molar refractivity (Wildman–Crippen MR) is 88.4 cm³/mol. The van der Waals surface area contributed by atoms with Gasteiger partial charge in [-0.15, -0.1) is 0 Å². The van der Waals surface area contributed by atoms with Gasteiger partial charge in [0.1, 0.15) is 0 Å². The third kappa shape index (κ3) is 4.12. The van der Waals surface area contributed by atoms with Crippen LogP contribution < -0.4 is 0 Å². The summed E-state index contributed by atoms with van der Waals surface area (Å²) >= 11 is 5.92. The first-order valence-electron chi connectivity index (χ1n) is 8.04. The molecule has 25 heavy (non-hydrogen) atoms. The van der Waals surface area contributed by atoms with Gasteiger partial charge in [0.15, 0.2) is 21.5 Å². The molecule has 0 bridgehead atoms. The third-order valence-electron chi connectivity index (χ3n) is 4.57. The number of ether oxygens (including phenoxy) is 1. The Balaban J connectivity index is 1.90. The van der Waals surface area contributed by atoms with Crippen molar-refractivity contribution in [1.29, 1.82) is 0 Å². The van der Waals surface area contributed by atoms with Gasteiger partial charge in [0.25, 0.3) is 5.91 Å². The number of nitrogens with zero attached hydrogens (tertiary/aromatic N) is 1. The molecule has 2 aliphatic rings. The van der Waals surface area contributed by atoms with E-state index in [1.54, 1.807) is 0 Å². The molecule has 3 rings (SSSR count). The molecule has 0 aliphatic carbocycles. The number of hydrogen-bond donors (Lipinski definition) is 0. The number of sulfone groups is 1. The van der Waals surface area contributed by atoms with Gasteiger partial charge in [-0.2, -0.15) is 0 Å². The number of rotatable bonds is 4. The minimum atomic E-state index is -3.22. The molecule has 9 heteroatoms. The highest BCUT2D eigenvalue weighted by atomic mass is 35.5. The van der Waals surface area contributed by atoms with Crippen molar-refractivity contribution in [1.82, 2.24) is 4.90 Å². The van der Waals surface area contributed by atoms with E-state index in [1.807, 2.05) is 0 Å². The molecule has 0 radical (unpaired) electrons. The summed E-state index contributed by atoms with van der Waals surface area (Å²) in [5, 5.41) is -0.206. The molecular weight excluding hydrogens is 376 g/mol. The highest BCUT2D eigenvalue weighted by Gasteiger charge is 2.37. The van der Waals surface area contributed by atoms with E-state index in [9.17, 15) is 22.0 Å². The number of hydrogen-bond acceptors (Lipinski definition) is 4. The standard InChI is InChI=1S/C16H18ClF2NO4S/c17-13-7-15(19)14(18)6-12(13)16(21)20(8-11-2-1-4-24-11)10-3-5-25(22,23)9-10/h6-7,10-11H,1-5,8-9H2/t10-,11+/m0/s1. The molecule has 0 N–H and O–H groups in total. The highest BCUT2D eigenvalue weighted by molar-refractivity contribution is 7.91. The highest BCUT2D eigenvalue weighted by Crippen LogP contribution is 2.27. The van der Waals surface area contributed by atoms with Crippen molar-refractivity contribution in [2.45, 2.75) is 31.4 Å². The largest absolute Gasteiger partial charge is 0.376 e. The van der Waals surface area contributed by atoms with Gasteiger partial charge in [-0.1, -0.05) is 11.6 Å². The summed E-state index contributed by atoms with van der Waals surface area (Å²) in [5.74, 6) is -3.08. The Morgan fingerprint density at radius 2 is 2.00 bits per heavy atom. The number of carbonyl (C=O) groups is 1. The Morgan fingerprint density at radius 3 is 2.60 bits per heavy atom. The van der Waals surface area contributed by atoms with Gasteiger partial charge in [-0.05, 0) is 31.4 Å². The van der Waals surface area contributed by atoms with E-state index in [-0.39, 0.29) is 34.7 Å².